The first-order valence-electron chi connectivity index (χ1n) is 9.87. The Labute approximate surface area is 158 Å². The summed E-state index contributed by atoms with van der Waals surface area (Å²) in [5, 5.41) is 0. The molecular formula is C22H30O3Si. The monoisotopic (exact) mass is 370 g/mol. The van der Waals surface area contributed by atoms with E-state index < -0.39 is 8.80 Å². The molecule has 0 bridgehead atoms. The van der Waals surface area contributed by atoms with Crippen LogP contribution in [0.5, 0.6) is 0 Å². The van der Waals surface area contributed by atoms with Crippen molar-refractivity contribution >= 4 is 8.80 Å². The van der Waals surface area contributed by atoms with Crippen LogP contribution < -0.4 is 0 Å². The number of hydrogen-bond acceptors (Lipinski definition) is 3. The van der Waals surface area contributed by atoms with Gasteiger partial charge in [0.05, 0.1) is 5.54 Å². The van der Waals surface area contributed by atoms with Gasteiger partial charge in [0.2, 0.25) is 0 Å². The molecule has 0 amide bonds. The van der Waals surface area contributed by atoms with Gasteiger partial charge in [-0.25, -0.2) is 0 Å². The summed E-state index contributed by atoms with van der Waals surface area (Å²) >= 11 is 0. The van der Waals surface area contributed by atoms with Crippen molar-refractivity contribution < 1.29 is 13.3 Å². The summed E-state index contributed by atoms with van der Waals surface area (Å²) in [6.07, 6.45) is 2.86. The average molecular weight is 371 g/mol. The maximum Gasteiger partial charge on any atom is 0.513 e. The highest BCUT2D eigenvalue weighted by atomic mass is 28.4. The van der Waals surface area contributed by atoms with E-state index in [2.05, 4.69) is 69.3 Å². The van der Waals surface area contributed by atoms with Gasteiger partial charge in [-0.15, -0.1) is 0 Å². The highest BCUT2D eigenvalue weighted by Crippen LogP contribution is 2.49. The van der Waals surface area contributed by atoms with Crippen LogP contribution in [0.1, 0.15) is 56.7 Å². The highest BCUT2D eigenvalue weighted by Gasteiger charge is 2.54. The first-order chi connectivity index (χ1) is 12.8. The molecule has 2 aromatic rings. The molecule has 0 atom stereocenters. The first kappa shape index (κ1) is 19.3. The molecule has 0 radical (unpaired) electrons. The van der Waals surface area contributed by atoms with Crippen molar-refractivity contribution in [3.63, 3.8) is 0 Å². The minimum atomic E-state index is -2.93. The van der Waals surface area contributed by atoms with E-state index >= 15 is 0 Å². The number of fused-ring (bicyclic) bond motifs is 3. The summed E-state index contributed by atoms with van der Waals surface area (Å²) in [6, 6.07) is 17.2. The van der Waals surface area contributed by atoms with Crippen LogP contribution in [0.15, 0.2) is 48.5 Å². The Morgan fingerprint density at radius 1 is 0.654 bits per heavy atom. The van der Waals surface area contributed by atoms with Crippen LogP contribution in [0, 0.1) is 0 Å². The smallest absolute Gasteiger partial charge is 0.373 e. The predicted molar refractivity (Wildman–Crippen MR) is 108 cm³/mol. The minimum Gasteiger partial charge on any atom is -0.373 e. The topological polar surface area (TPSA) is 27.7 Å². The number of benzene rings is 2. The van der Waals surface area contributed by atoms with Crippen LogP contribution in [-0.2, 0) is 13.3 Å². The molecule has 0 aliphatic heterocycles. The minimum absolute atomic E-state index is 0.0551. The first-order valence-corrected chi connectivity index (χ1v) is 11.7. The van der Waals surface area contributed by atoms with Gasteiger partial charge < -0.3 is 13.3 Å². The van der Waals surface area contributed by atoms with Crippen molar-refractivity contribution in [1.29, 1.82) is 0 Å². The Morgan fingerprint density at radius 2 is 1.04 bits per heavy atom. The molecule has 4 heteroatoms. The highest BCUT2D eigenvalue weighted by molar-refractivity contribution is 6.63. The van der Waals surface area contributed by atoms with Gasteiger partial charge in [0, 0.05) is 19.8 Å². The van der Waals surface area contributed by atoms with Gasteiger partial charge in [-0.2, -0.15) is 0 Å². The van der Waals surface area contributed by atoms with E-state index in [4.69, 9.17) is 13.3 Å². The van der Waals surface area contributed by atoms with Gasteiger partial charge in [0.1, 0.15) is 0 Å². The molecule has 0 aromatic heterocycles. The third kappa shape index (κ3) is 3.65. The van der Waals surface area contributed by atoms with Gasteiger partial charge in [0.25, 0.3) is 0 Å². The second kappa shape index (κ2) is 8.96. The maximum atomic E-state index is 6.48. The van der Waals surface area contributed by atoms with Crippen LogP contribution in [0.4, 0.5) is 0 Å². The van der Waals surface area contributed by atoms with Gasteiger partial charge >= 0.3 is 8.80 Å². The van der Waals surface area contributed by atoms with E-state index in [9.17, 15) is 0 Å². The van der Waals surface area contributed by atoms with Gasteiger partial charge in [0.15, 0.2) is 0 Å². The molecular weight excluding hydrogens is 340 g/mol. The van der Waals surface area contributed by atoms with Crippen molar-refractivity contribution in [2.24, 2.45) is 0 Å². The molecule has 3 nitrogen and oxygen atoms in total. The van der Waals surface area contributed by atoms with Crippen molar-refractivity contribution in [3.8, 4) is 11.1 Å². The van der Waals surface area contributed by atoms with Crippen molar-refractivity contribution in [3.05, 3.63) is 59.7 Å². The molecule has 0 N–H and O–H groups in total. The fourth-order valence-corrected chi connectivity index (χ4v) is 7.13. The van der Waals surface area contributed by atoms with E-state index in [1.54, 1.807) is 0 Å². The van der Waals surface area contributed by atoms with Crippen molar-refractivity contribution in [1.82, 2.24) is 0 Å². The lowest BCUT2D eigenvalue weighted by atomic mass is 10.1. The molecule has 3 rings (SSSR count). The fourth-order valence-electron chi connectivity index (χ4n) is 3.64. The zero-order chi connectivity index (χ0) is 18.4. The molecule has 0 heterocycles. The summed E-state index contributed by atoms with van der Waals surface area (Å²) in [6.45, 7) is 8.40. The molecule has 2 aromatic carbocycles. The van der Waals surface area contributed by atoms with Crippen molar-refractivity contribution in [2.45, 2.75) is 45.6 Å². The molecule has 0 saturated heterocycles. The standard InChI is InChI=1S/C22H30O3Si/c1-4-15-23-26(24-16-5-2,25-17-6-3)22-20-13-9-7-11-18(20)19-12-8-10-14-21(19)22/h7-14,22H,4-6,15-17H2,1-3H3. The summed E-state index contributed by atoms with van der Waals surface area (Å²) < 4.78 is 19.4. The predicted octanol–water partition coefficient (Wildman–Crippen LogP) is 5.56. The molecule has 0 saturated carbocycles. The third-order valence-corrected chi connectivity index (χ3v) is 7.86. The van der Waals surface area contributed by atoms with Crippen molar-refractivity contribution in [2.75, 3.05) is 19.8 Å². The zero-order valence-corrected chi connectivity index (χ0v) is 17.2. The van der Waals surface area contributed by atoms with Gasteiger partial charge in [-0.3, -0.25) is 0 Å². The molecule has 0 fully saturated rings. The summed E-state index contributed by atoms with van der Waals surface area (Å²) in [5.74, 6) is 0. The van der Waals surface area contributed by atoms with Gasteiger partial charge in [-0.1, -0.05) is 69.3 Å². The second-order valence-electron chi connectivity index (χ2n) is 6.76. The molecule has 0 spiro atoms. The Kier molecular flexibility index (Phi) is 6.65. The third-order valence-electron chi connectivity index (χ3n) is 4.71. The van der Waals surface area contributed by atoms with Crippen LogP contribution >= 0.6 is 0 Å². The molecule has 1 aliphatic rings. The summed E-state index contributed by atoms with van der Waals surface area (Å²) in [7, 11) is -2.93. The summed E-state index contributed by atoms with van der Waals surface area (Å²) in [4.78, 5) is 0. The molecule has 140 valence electrons. The molecule has 0 unspecified atom stereocenters. The molecule has 26 heavy (non-hydrogen) atoms. The Balaban J connectivity index is 2.12. The SMILES string of the molecule is CCCO[Si](OCCC)(OCCC)C1c2ccccc2-c2ccccc21. The number of rotatable bonds is 10. The van der Waals surface area contributed by atoms with E-state index in [0.717, 1.165) is 19.3 Å². The van der Waals surface area contributed by atoms with E-state index in [1.165, 1.54) is 22.3 Å². The van der Waals surface area contributed by atoms with E-state index in [0.29, 0.717) is 19.8 Å². The van der Waals surface area contributed by atoms with E-state index in [-0.39, 0.29) is 5.54 Å². The quantitative estimate of drug-likeness (QED) is 0.513. The largest absolute Gasteiger partial charge is 0.513 e. The van der Waals surface area contributed by atoms with E-state index in [1.807, 2.05) is 0 Å². The zero-order valence-electron chi connectivity index (χ0n) is 16.2. The van der Waals surface area contributed by atoms with Crippen LogP contribution in [0.3, 0.4) is 0 Å². The van der Waals surface area contributed by atoms with Crippen LogP contribution in [0.25, 0.3) is 11.1 Å². The second-order valence-corrected chi connectivity index (χ2v) is 9.41. The number of hydrogen-bond donors (Lipinski definition) is 0. The van der Waals surface area contributed by atoms with Gasteiger partial charge in [-0.05, 0) is 41.5 Å². The lowest BCUT2D eigenvalue weighted by Gasteiger charge is -2.35. The normalized spacial score (nSPS) is 13.7. The maximum absolute atomic E-state index is 6.48. The Morgan fingerprint density at radius 3 is 1.42 bits per heavy atom. The molecule has 1 aliphatic carbocycles. The lowest BCUT2D eigenvalue weighted by molar-refractivity contribution is 0.0539. The fraction of sp³-hybridized carbons (Fsp3) is 0.455. The van der Waals surface area contributed by atoms with Crippen LogP contribution in [-0.4, -0.2) is 28.6 Å². The Bertz CT molecular complexity index is 649. The lowest BCUT2D eigenvalue weighted by Crippen LogP contribution is -2.52. The average Bonchev–Trinajstić information content (AvgIpc) is 3.03. The van der Waals surface area contributed by atoms with Crippen LogP contribution in [0.2, 0.25) is 0 Å². The Hall–Kier alpha value is -1.46. The summed E-state index contributed by atoms with van der Waals surface area (Å²) in [5.41, 5.74) is 5.18.